The van der Waals surface area contributed by atoms with Crippen LogP contribution in [0.15, 0.2) is 24.3 Å². The van der Waals surface area contributed by atoms with Crippen molar-refractivity contribution in [3.05, 3.63) is 29.8 Å². The van der Waals surface area contributed by atoms with E-state index in [0.29, 0.717) is 12.5 Å². The van der Waals surface area contributed by atoms with Crippen molar-refractivity contribution in [2.24, 2.45) is 0 Å². The standard InChI is InChI=1S/C12H12O3S/c1-9(13)16-6-2-3-10-4-5-11-12(7-10)15-8-14-11/h2-5,7H,6,8H2,1H3/b3-2+. The van der Waals surface area contributed by atoms with E-state index in [4.69, 9.17) is 9.47 Å². The molecule has 1 heterocycles. The molecule has 0 unspecified atom stereocenters. The van der Waals surface area contributed by atoms with E-state index in [0.717, 1.165) is 17.1 Å². The summed E-state index contributed by atoms with van der Waals surface area (Å²) in [7, 11) is 0. The van der Waals surface area contributed by atoms with Crippen molar-refractivity contribution in [1.82, 2.24) is 0 Å². The van der Waals surface area contributed by atoms with E-state index in [1.165, 1.54) is 11.8 Å². The number of carbonyl (C=O) groups excluding carboxylic acids is 1. The van der Waals surface area contributed by atoms with Gasteiger partial charge < -0.3 is 9.47 Å². The van der Waals surface area contributed by atoms with Crippen molar-refractivity contribution in [3.63, 3.8) is 0 Å². The molecule has 0 fully saturated rings. The van der Waals surface area contributed by atoms with Gasteiger partial charge >= 0.3 is 0 Å². The summed E-state index contributed by atoms with van der Waals surface area (Å²) in [5, 5.41) is 0.135. The third-order valence-electron chi connectivity index (χ3n) is 2.09. The predicted octanol–water partition coefficient (Wildman–Crippen LogP) is 2.71. The molecular weight excluding hydrogens is 224 g/mol. The summed E-state index contributed by atoms with van der Waals surface area (Å²) in [6.45, 7) is 1.86. The number of thioether (sulfide) groups is 1. The molecule has 0 amide bonds. The maximum absolute atomic E-state index is 10.7. The Balaban J connectivity index is 1.97. The van der Waals surface area contributed by atoms with Gasteiger partial charge in [0.05, 0.1) is 0 Å². The summed E-state index contributed by atoms with van der Waals surface area (Å²) in [5.41, 5.74) is 1.05. The molecule has 2 rings (SSSR count). The van der Waals surface area contributed by atoms with Crippen molar-refractivity contribution in [3.8, 4) is 11.5 Å². The number of rotatable bonds is 3. The van der Waals surface area contributed by atoms with Crippen LogP contribution in [-0.2, 0) is 4.79 Å². The second-order valence-electron chi connectivity index (χ2n) is 3.32. The molecule has 84 valence electrons. The van der Waals surface area contributed by atoms with E-state index in [1.54, 1.807) is 6.92 Å². The second kappa shape index (κ2) is 5.07. The first-order chi connectivity index (χ1) is 7.75. The highest BCUT2D eigenvalue weighted by Gasteiger charge is 2.11. The second-order valence-corrected chi connectivity index (χ2v) is 4.51. The molecule has 1 aromatic rings. The molecule has 1 aromatic carbocycles. The average molecular weight is 236 g/mol. The van der Waals surface area contributed by atoms with Crippen LogP contribution in [0.4, 0.5) is 0 Å². The van der Waals surface area contributed by atoms with Crippen molar-refractivity contribution in [2.75, 3.05) is 12.5 Å². The molecule has 4 heteroatoms. The highest BCUT2D eigenvalue weighted by Crippen LogP contribution is 2.32. The lowest BCUT2D eigenvalue weighted by atomic mass is 10.2. The zero-order valence-electron chi connectivity index (χ0n) is 8.93. The Morgan fingerprint density at radius 3 is 3.06 bits per heavy atom. The molecule has 0 aromatic heterocycles. The molecule has 3 nitrogen and oxygen atoms in total. The summed E-state index contributed by atoms with van der Waals surface area (Å²) in [6.07, 6.45) is 3.93. The van der Waals surface area contributed by atoms with E-state index in [9.17, 15) is 4.79 Å². The van der Waals surface area contributed by atoms with Crippen LogP contribution in [0.3, 0.4) is 0 Å². The molecule has 0 radical (unpaired) electrons. The molecule has 1 aliphatic rings. The summed E-state index contributed by atoms with van der Waals surface area (Å²) in [6, 6.07) is 5.78. The van der Waals surface area contributed by atoms with Crippen LogP contribution in [0.2, 0.25) is 0 Å². The lowest BCUT2D eigenvalue weighted by Gasteiger charge is -1.97. The topological polar surface area (TPSA) is 35.5 Å². The molecule has 0 N–H and O–H groups in total. The van der Waals surface area contributed by atoms with Gasteiger partial charge in [0.2, 0.25) is 6.79 Å². The van der Waals surface area contributed by atoms with Gasteiger partial charge in [0.1, 0.15) is 0 Å². The fourth-order valence-electron chi connectivity index (χ4n) is 1.37. The summed E-state index contributed by atoms with van der Waals surface area (Å²) in [4.78, 5) is 10.7. The van der Waals surface area contributed by atoms with E-state index in [-0.39, 0.29) is 5.12 Å². The van der Waals surface area contributed by atoms with E-state index in [2.05, 4.69) is 0 Å². The summed E-state index contributed by atoms with van der Waals surface area (Å²) < 4.78 is 10.5. The molecule has 1 aliphatic heterocycles. The van der Waals surface area contributed by atoms with Gasteiger partial charge in [-0.15, -0.1) is 0 Å². The molecular formula is C12H12O3S. The van der Waals surface area contributed by atoms with E-state index >= 15 is 0 Å². The third-order valence-corrected chi connectivity index (χ3v) is 2.86. The van der Waals surface area contributed by atoms with Gasteiger partial charge in [-0.25, -0.2) is 0 Å². The zero-order chi connectivity index (χ0) is 11.4. The Kier molecular flexibility index (Phi) is 3.51. The first-order valence-corrected chi connectivity index (χ1v) is 5.94. The maximum atomic E-state index is 10.7. The number of hydrogen-bond donors (Lipinski definition) is 0. The van der Waals surface area contributed by atoms with Gasteiger partial charge in [0.15, 0.2) is 16.6 Å². The van der Waals surface area contributed by atoms with Gasteiger partial charge in [-0.3, -0.25) is 4.79 Å². The van der Waals surface area contributed by atoms with Crippen LogP contribution < -0.4 is 9.47 Å². The first kappa shape index (κ1) is 11.1. The largest absolute Gasteiger partial charge is 0.454 e. The molecule has 0 spiro atoms. The number of hydrogen-bond acceptors (Lipinski definition) is 4. The van der Waals surface area contributed by atoms with Crippen LogP contribution >= 0.6 is 11.8 Å². The Labute approximate surface area is 98.4 Å². The summed E-state index contributed by atoms with van der Waals surface area (Å²) >= 11 is 1.29. The Morgan fingerprint density at radius 1 is 1.44 bits per heavy atom. The average Bonchev–Trinajstić information content (AvgIpc) is 2.71. The molecule has 0 bridgehead atoms. The Hall–Kier alpha value is -1.42. The number of benzene rings is 1. The Bertz CT molecular complexity index is 426. The fraction of sp³-hybridized carbons (Fsp3) is 0.250. The smallest absolute Gasteiger partial charge is 0.231 e. The minimum atomic E-state index is 0.135. The van der Waals surface area contributed by atoms with Crippen molar-refractivity contribution in [1.29, 1.82) is 0 Å². The monoisotopic (exact) mass is 236 g/mol. The highest BCUT2D eigenvalue weighted by molar-refractivity contribution is 8.13. The van der Waals surface area contributed by atoms with E-state index in [1.807, 2.05) is 30.4 Å². The van der Waals surface area contributed by atoms with Crippen molar-refractivity contribution >= 4 is 23.0 Å². The predicted molar refractivity (Wildman–Crippen MR) is 64.7 cm³/mol. The zero-order valence-corrected chi connectivity index (χ0v) is 9.75. The van der Waals surface area contributed by atoms with Gasteiger partial charge in [0.25, 0.3) is 0 Å². The van der Waals surface area contributed by atoms with Crippen LogP contribution in [0.5, 0.6) is 11.5 Å². The Morgan fingerprint density at radius 2 is 2.25 bits per heavy atom. The lowest BCUT2D eigenvalue weighted by molar-refractivity contribution is -0.109. The van der Waals surface area contributed by atoms with Gasteiger partial charge in [-0.1, -0.05) is 30.0 Å². The normalized spacial score (nSPS) is 13.3. The molecule has 0 atom stereocenters. The van der Waals surface area contributed by atoms with Crippen molar-refractivity contribution < 1.29 is 14.3 Å². The molecule has 0 saturated carbocycles. The molecule has 0 saturated heterocycles. The van der Waals surface area contributed by atoms with Gasteiger partial charge in [0, 0.05) is 12.7 Å². The molecule has 0 aliphatic carbocycles. The number of carbonyl (C=O) groups is 1. The summed E-state index contributed by atoms with van der Waals surface area (Å²) in [5.74, 6) is 2.26. The number of fused-ring (bicyclic) bond motifs is 1. The minimum absolute atomic E-state index is 0.135. The molecule has 16 heavy (non-hydrogen) atoms. The van der Waals surface area contributed by atoms with Crippen LogP contribution in [0, 0.1) is 0 Å². The SMILES string of the molecule is CC(=O)SC/C=C/c1ccc2c(c1)OCO2. The lowest BCUT2D eigenvalue weighted by Crippen LogP contribution is -1.92. The van der Waals surface area contributed by atoms with Crippen molar-refractivity contribution in [2.45, 2.75) is 6.92 Å². The maximum Gasteiger partial charge on any atom is 0.231 e. The number of ether oxygens (including phenoxy) is 2. The highest BCUT2D eigenvalue weighted by atomic mass is 32.2. The first-order valence-electron chi connectivity index (χ1n) is 4.95. The van der Waals surface area contributed by atoms with Crippen LogP contribution in [0.1, 0.15) is 12.5 Å². The minimum Gasteiger partial charge on any atom is -0.454 e. The third kappa shape index (κ3) is 2.79. The fourth-order valence-corrected chi connectivity index (χ4v) is 1.79. The quantitative estimate of drug-likeness (QED) is 0.808. The van der Waals surface area contributed by atoms with Crippen LogP contribution in [0.25, 0.3) is 6.08 Å². The van der Waals surface area contributed by atoms with Gasteiger partial charge in [-0.05, 0) is 17.7 Å². The van der Waals surface area contributed by atoms with Gasteiger partial charge in [-0.2, -0.15) is 0 Å². The van der Waals surface area contributed by atoms with E-state index < -0.39 is 0 Å². The van der Waals surface area contributed by atoms with Crippen LogP contribution in [-0.4, -0.2) is 17.7 Å².